The molecular formula is C15H11BrN2O3. The van der Waals surface area contributed by atoms with Gasteiger partial charge in [-0.2, -0.15) is 5.26 Å². The number of anilines is 1. The minimum Gasteiger partial charge on any atom is -0.507 e. The minimum absolute atomic E-state index is 0.0969. The van der Waals surface area contributed by atoms with Gasteiger partial charge in [0.25, 0.3) is 5.91 Å². The Kier molecular flexibility index (Phi) is 4.45. The van der Waals surface area contributed by atoms with Crippen LogP contribution in [0.4, 0.5) is 5.69 Å². The molecule has 0 heterocycles. The van der Waals surface area contributed by atoms with E-state index >= 15 is 0 Å². The average Bonchev–Trinajstić information content (AvgIpc) is 2.47. The number of halogens is 1. The molecule has 21 heavy (non-hydrogen) atoms. The Labute approximate surface area is 129 Å². The topological polar surface area (TPSA) is 82.3 Å². The predicted molar refractivity (Wildman–Crippen MR) is 81.5 cm³/mol. The normalized spacial score (nSPS) is 9.76. The molecule has 0 aliphatic carbocycles. The summed E-state index contributed by atoms with van der Waals surface area (Å²) < 4.78 is 5.69. The van der Waals surface area contributed by atoms with Crippen molar-refractivity contribution in [1.82, 2.24) is 0 Å². The van der Waals surface area contributed by atoms with Crippen LogP contribution in [0.25, 0.3) is 0 Å². The van der Waals surface area contributed by atoms with Crippen molar-refractivity contribution in [3.63, 3.8) is 0 Å². The highest BCUT2D eigenvalue weighted by Gasteiger charge is 2.14. The average molecular weight is 347 g/mol. The first kappa shape index (κ1) is 14.9. The number of hydrogen-bond acceptors (Lipinski definition) is 4. The summed E-state index contributed by atoms with van der Waals surface area (Å²) in [4.78, 5) is 12.2. The molecule has 0 spiro atoms. The maximum Gasteiger partial charge on any atom is 0.259 e. The number of benzene rings is 2. The second kappa shape index (κ2) is 6.29. The number of phenolic OH excluding ortho intramolecular Hbond substituents is 1. The van der Waals surface area contributed by atoms with Gasteiger partial charge >= 0.3 is 0 Å². The molecule has 0 aliphatic rings. The number of nitriles is 1. The summed E-state index contributed by atoms with van der Waals surface area (Å²) in [6.07, 6.45) is 0. The standard InChI is InChI=1S/C15H11BrN2O3/c1-21-11-4-5-12(14(19)7-11)15(20)18-13-6-10(16)3-2-9(13)8-17/h2-7,19H,1H3,(H,18,20). The molecule has 0 radical (unpaired) electrons. The van der Waals surface area contributed by atoms with E-state index in [1.807, 2.05) is 6.07 Å². The molecule has 0 bridgehead atoms. The molecule has 2 aromatic rings. The van der Waals surface area contributed by atoms with Crippen molar-refractivity contribution in [2.75, 3.05) is 12.4 Å². The van der Waals surface area contributed by atoms with Gasteiger partial charge in [0.15, 0.2) is 0 Å². The molecular weight excluding hydrogens is 336 g/mol. The van der Waals surface area contributed by atoms with Crippen molar-refractivity contribution in [2.45, 2.75) is 0 Å². The first-order valence-electron chi connectivity index (χ1n) is 5.93. The number of rotatable bonds is 3. The van der Waals surface area contributed by atoms with Gasteiger partial charge in [0.1, 0.15) is 17.6 Å². The zero-order valence-electron chi connectivity index (χ0n) is 11.1. The minimum atomic E-state index is -0.509. The highest BCUT2D eigenvalue weighted by atomic mass is 79.9. The maximum atomic E-state index is 12.2. The molecule has 2 N–H and O–H groups in total. The van der Waals surface area contributed by atoms with Crippen molar-refractivity contribution in [3.05, 3.63) is 52.0 Å². The summed E-state index contributed by atoms with van der Waals surface area (Å²) in [5.41, 5.74) is 0.798. The van der Waals surface area contributed by atoms with Crippen molar-refractivity contribution in [3.8, 4) is 17.6 Å². The van der Waals surface area contributed by atoms with Crippen molar-refractivity contribution >= 4 is 27.5 Å². The van der Waals surface area contributed by atoms with E-state index in [-0.39, 0.29) is 11.3 Å². The van der Waals surface area contributed by atoms with Crippen LogP contribution in [0.5, 0.6) is 11.5 Å². The molecule has 1 amide bonds. The number of carbonyl (C=O) groups is 1. The SMILES string of the molecule is COc1ccc(C(=O)Nc2cc(Br)ccc2C#N)c(O)c1. The molecule has 0 unspecified atom stereocenters. The Morgan fingerprint density at radius 1 is 1.33 bits per heavy atom. The van der Waals surface area contributed by atoms with Crippen LogP contribution in [-0.4, -0.2) is 18.1 Å². The van der Waals surface area contributed by atoms with Crippen LogP contribution in [0.1, 0.15) is 15.9 Å². The number of ether oxygens (including phenoxy) is 1. The van der Waals surface area contributed by atoms with Gasteiger partial charge in [0.2, 0.25) is 0 Å². The van der Waals surface area contributed by atoms with Gasteiger partial charge in [-0.05, 0) is 30.3 Å². The van der Waals surface area contributed by atoms with E-state index in [0.717, 1.165) is 4.47 Å². The lowest BCUT2D eigenvalue weighted by Crippen LogP contribution is -2.13. The number of amides is 1. The van der Waals surface area contributed by atoms with Crippen LogP contribution >= 0.6 is 15.9 Å². The fourth-order valence-electron chi connectivity index (χ4n) is 1.74. The monoisotopic (exact) mass is 346 g/mol. The Hall–Kier alpha value is -2.52. The highest BCUT2D eigenvalue weighted by molar-refractivity contribution is 9.10. The van der Waals surface area contributed by atoms with Crippen molar-refractivity contribution < 1.29 is 14.6 Å². The van der Waals surface area contributed by atoms with E-state index in [2.05, 4.69) is 21.2 Å². The zero-order valence-corrected chi connectivity index (χ0v) is 12.6. The van der Waals surface area contributed by atoms with Gasteiger partial charge in [-0.1, -0.05) is 15.9 Å². The molecule has 0 saturated carbocycles. The number of hydrogen-bond donors (Lipinski definition) is 2. The number of aromatic hydroxyl groups is 1. The van der Waals surface area contributed by atoms with E-state index in [4.69, 9.17) is 10.00 Å². The predicted octanol–water partition coefficient (Wildman–Crippen LogP) is 3.29. The number of carbonyl (C=O) groups excluding carboxylic acids is 1. The molecule has 0 aliphatic heterocycles. The van der Waals surface area contributed by atoms with Gasteiger partial charge in [-0.3, -0.25) is 4.79 Å². The van der Waals surface area contributed by atoms with Crippen LogP contribution in [0.2, 0.25) is 0 Å². The van der Waals surface area contributed by atoms with Crippen molar-refractivity contribution in [1.29, 1.82) is 5.26 Å². The third-order valence-corrected chi connectivity index (χ3v) is 3.29. The molecule has 0 aromatic heterocycles. The second-order valence-corrected chi connectivity index (χ2v) is 5.05. The summed E-state index contributed by atoms with van der Waals surface area (Å²) >= 11 is 3.28. The molecule has 0 saturated heterocycles. The fraction of sp³-hybridized carbons (Fsp3) is 0.0667. The summed E-state index contributed by atoms with van der Waals surface area (Å²) in [5, 5.41) is 21.5. The van der Waals surface area contributed by atoms with Gasteiger partial charge in [-0.25, -0.2) is 0 Å². The fourth-order valence-corrected chi connectivity index (χ4v) is 2.10. The van der Waals surface area contributed by atoms with Crippen molar-refractivity contribution in [2.24, 2.45) is 0 Å². The van der Waals surface area contributed by atoms with Crippen LogP contribution in [0.3, 0.4) is 0 Å². The lowest BCUT2D eigenvalue weighted by Gasteiger charge is -2.09. The largest absolute Gasteiger partial charge is 0.507 e. The third kappa shape index (κ3) is 3.33. The number of nitrogens with one attached hydrogen (secondary N) is 1. The lowest BCUT2D eigenvalue weighted by atomic mass is 10.1. The molecule has 2 aromatic carbocycles. The Balaban J connectivity index is 2.30. The van der Waals surface area contributed by atoms with E-state index < -0.39 is 5.91 Å². The van der Waals surface area contributed by atoms with Gasteiger partial charge in [0, 0.05) is 10.5 Å². The lowest BCUT2D eigenvalue weighted by molar-refractivity contribution is 0.102. The third-order valence-electron chi connectivity index (χ3n) is 2.80. The van der Waals surface area contributed by atoms with Crippen LogP contribution in [0.15, 0.2) is 40.9 Å². The summed E-state index contributed by atoms with van der Waals surface area (Å²) in [6.45, 7) is 0. The molecule has 2 rings (SSSR count). The number of methoxy groups -OCH3 is 1. The second-order valence-electron chi connectivity index (χ2n) is 4.14. The van der Waals surface area contributed by atoms with E-state index in [1.165, 1.54) is 19.2 Å². The number of nitrogens with zero attached hydrogens (tertiary/aromatic N) is 1. The Morgan fingerprint density at radius 3 is 2.71 bits per heavy atom. The zero-order chi connectivity index (χ0) is 15.4. The maximum absolute atomic E-state index is 12.2. The Bertz CT molecular complexity index is 738. The van der Waals surface area contributed by atoms with Crippen LogP contribution in [0, 0.1) is 11.3 Å². The Morgan fingerprint density at radius 2 is 2.10 bits per heavy atom. The summed E-state index contributed by atoms with van der Waals surface area (Å²) in [6, 6.07) is 11.3. The van der Waals surface area contributed by atoms with Gasteiger partial charge in [-0.15, -0.1) is 0 Å². The molecule has 0 atom stereocenters. The smallest absolute Gasteiger partial charge is 0.259 e. The summed E-state index contributed by atoms with van der Waals surface area (Å²) in [7, 11) is 1.47. The molecule has 5 nitrogen and oxygen atoms in total. The summed E-state index contributed by atoms with van der Waals surface area (Å²) in [5.74, 6) is -0.255. The van der Waals surface area contributed by atoms with Gasteiger partial charge in [0.05, 0.1) is 23.9 Å². The molecule has 106 valence electrons. The quantitative estimate of drug-likeness (QED) is 0.893. The van der Waals surface area contributed by atoms with Crippen LogP contribution < -0.4 is 10.1 Å². The first-order valence-corrected chi connectivity index (χ1v) is 6.72. The molecule has 6 heteroatoms. The van der Waals surface area contributed by atoms with E-state index in [1.54, 1.807) is 24.3 Å². The highest BCUT2D eigenvalue weighted by Crippen LogP contribution is 2.26. The van der Waals surface area contributed by atoms with Crippen LogP contribution in [-0.2, 0) is 0 Å². The van der Waals surface area contributed by atoms with E-state index in [9.17, 15) is 9.90 Å². The first-order chi connectivity index (χ1) is 10.0. The van der Waals surface area contributed by atoms with E-state index in [0.29, 0.717) is 17.0 Å². The molecule has 0 fully saturated rings. The number of phenols is 1. The van der Waals surface area contributed by atoms with Gasteiger partial charge < -0.3 is 15.2 Å².